The summed E-state index contributed by atoms with van der Waals surface area (Å²) >= 11 is 7.10. The van der Waals surface area contributed by atoms with Crippen LogP contribution < -0.4 is 15.0 Å². The van der Waals surface area contributed by atoms with Gasteiger partial charge in [0.2, 0.25) is 0 Å². The van der Waals surface area contributed by atoms with Gasteiger partial charge in [-0.3, -0.25) is 0 Å². The summed E-state index contributed by atoms with van der Waals surface area (Å²) in [7, 11) is 0.395. The Bertz CT molecular complexity index is 1790. The van der Waals surface area contributed by atoms with Crippen LogP contribution in [0.2, 0.25) is 30.7 Å². The van der Waals surface area contributed by atoms with E-state index in [9.17, 15) is 4.79 Å². The third-order valence-corrected chi connectivity index (χ3v) is 11.2. The third kappa shape index (κ3) is 7.22. The fraction of sp³-hybridized carbons (Fsp3) is 0.543. The number of nitrogens with zero attached hydrogens (tertiary/aromatic N) is 5. The van der Waals surface area contributed by atoms with Crippen LogP contribution in [0.15, 0.2) is 30.6 Å². The van der Waals surface area contributed by atoms with Crippen LogP contribution in [0.1, 0.15) is 52.1 Å². The number of carbonyl (C=O) groups is 1. The minimum absolute atomic E-state index is 0.0671. The average molecular weight is 679 g/mol. The number of alkyl carbamates (subject to hydrolysis) is 1. The molecule has 2 atom stereocenters. The molecule has 2 unspecified atom stereocenters. The highest BCUT2D eigenvalue weighted by Crippen LogP contribution is 2.42. The molecule has 2 aliphatic heterocycles. The molecule has 1 N–H and O–H groups in total. The van der Waals surface area contributed by atoms with E-state index in [4.69, 9.17) is 40.8 Å². The van der Waals surface area contributed by atoms with Gasteiger partial charge in [-0.2, -0.15) is 0 Å². The van der Waals surface area contributed by atoms with E-state index in [-0.39, 0.29) is 24.2 Å². The number of ether oxygens (including phenoxy) is 3. The van der Waals surface area contributed by atoms with Gasteiger partial charge >= 0.3 is 6.09 Å². The number of aryl methyl sites for hydroxylation is 1. The van der Waals surface area contributed by atoms with Crippen molar-refractivity contribution in [2.45, 2.75) is 110 Å². The first kappa shape index (κ1) is 33.5. The van der Waals surface area contributed by atoms with Crippen molar-refractivity contribution in [3.8, 4) is 16.9 Å². The molecule has 2 bridgehead atoms. The molecule has 252 valence electrons. The summed E-state index contributed by atoms with van der Waals surface area (Å²) in [6.45, 7) is 15.7. The molecule has 1 aromatic carbocycles. The van der Waals surface area contributed by atoms with Crippen LogP contribution in [0.5, 0.6) is 5.75 Å². The lowest BCUT2D eigenvalue weighted by atomic mass is 9.97. The van der Waals surface area contributed by atoms with Gasteiger partial charge in [-0.25, -0.2) is 19.7 Å². The van der Waals surface area contributed by atoms with Crippen molar-refractivity contribution in [2.24, 2.45) is 0 Å². The Kier molecular flexibility index (Phi) is 9.18. The number of carbonyl (C=O) groups excluding carboxylic acids is 1. The number of pyridine rings is 1. The SMILES string of the molecule is COc1cc2c(Cl)c(-c3cn(COCC[Si](C)(C)C)c4nc(N5C6CCC5CC(NC(=O)OC(C)(C)C)C6)cnc34)ccc2nc1C. The molecule has 0 aliphatic carbocycles. The summed E-state index contributed by atoms with van der Waals surface area (Å²) in [6.07, 6.45) is 7.36. The summed E-state index contributed by atoms with van der Waals surface area (Å²) in [5.74, 6) is 1.54. The molecule has 12 heteroatoms. The fourth-order valence-electron chi connectivity index (χ4n) is 6.85. The van der Waals surface area contributed by atoms with E-state index in [1.54, 1.807) is 7.11 Å². The molecule has 4 aromatic rings. The largest absolute Gasteiger partial charge is 0.495 e. The van der Waals surface area contributed by atoms with Crippen molar-refractivity contribution in [2.75, 3.05) is 18.6 Å². The molecule has 6 rings (SSSR count). The van der Waals surface area contributed by atoms with E-state index in [0.717, 1.165) is 76.4 Å². The van der Waals surface area contributed by atoms with Crippen molar-refractivity contribution < 1.29 is 19.0 Å². The monoisotopic (exact) mass is 678 g/mol. The number of hydrogen-bond donors (Lipinski definition) is 1. The standard InChI is InChI=1S/C35H47ClN6O4Si/c1-21-29(44-5)17-26-28(38-21)12-11-25(31(26)36)27-19-41(20-45-13-14-47(6,7)8)33-32(27)37-18-30(40-33)42-23-9-10-24(42)16-22(15-23)39-34(43)46-35(2,3)4/h11-12,17-19,22-24H,9-10,13-16,20H2,1-8H3,(H,39,43). The summed E-state index contributed by atoms with van der Waals surface area (Å²) in [4.78, 5) is 29.9. The number of anilines is 1. The molecule has 2 aliphatic rings. The summed E-state index contributed by atoms with van der Waals surface area (Å²) in [6, 6.07) is 7.62. The highest BCUT2D eigenvalue weighted by Gasteiger charge is 2.42. The molecule has 2 fully saturated rings. The van der Waals surface area contributed by atoms with Crippen molar-refractivity contribution in [3.63, 3.8) is 0 Å². The van der Waals surface area contributed by atoms with Crippen LogP contribution >= 0.6 is 11.6 Å². The van der Waals surface area contributed by atoms with Crippen LogP contribution in [-0.4, -0.2) is 71.1 Å². The average Bonchev–Trinajstić information content (AvgIpc) is 3.47. The van der Waals surface area contributed by atoms with E-state index in [0.29, 0.717) is 24.1 Å². The van der Waals surface area contributed by atoms with Gasteiger partial charge in [0.25, 0.3) is 0 Å². The number of amides is 1. The van der Waals surface area contributed by atoms with Crippen molar-refractivity contribution in [3.05, 3.63) is 41.3 Å². The Hall–Kier alpha value is -3.41. The first-order valence-electron chi connectivity index (χ1n) is 16.6. The predicted octanol–water partition coefficient (Wildman–Crippen LogP) is 7.95. The summed E-state index contributed by atoms with van der Waals surface area (Å²) in [5.41, 5.74) is 4.37. The lowest BCUT2D eigenvalue weighted by Crippen LogP contribution is -2.51. The summed E-state index contributed by atoms with van der Waals surface area (Å²) < 4.78 is 19.4. The molecule has 0 radical (unpaired) electrons. The van der Waals surface area contributed by atoms with Crippen molar-refractivity contribution in [1.82, 2.24) is 24.8 Å². The number of fused-ring (bicyclic) bond motifs is 4. The molecule has 2 saturated heterocycles. The molecule has 10 nitrogen and oxygen atoms in total. The van der Waals surface area contributed by atoms with Gasteiger partial charge in [-0.05, 0) is 71.6 Å². The van der Waals surface area contributed by atoms with Gasteiger partial charge < -0.3 is 29.0 Å². The molecule has 1 amide bonds. The molecular formula is C35H47ClN6O4Si. The molecule has 3 aromatic heterocycles. The fourth-order valence-corrected chi connectivity index (χ4v) is 7.92. The van der Waals surface area contributed by atoms with E-state index in [1.807, 2.05) is 52.1 Å². The quantitative estimate of drug-likeness (QED) is 0.141. The second-order valence-corrected chi connectivity index (χ2v) is 21.1. The number of piperidine rings is 1. The van der Waals surface area contributed by atoms with Gasteiger partial charge in [0.1, 0.15) is 29.4 Å². The maximum atomic E-state index is 12.5. The smallest absolute Gasteiger partial charge is 0.407 e. The number of aromatic nitrogens is 4. The zero-order valence-electron chi connectivity index (χ0n) is 28.8. The van der Waals surface area contributed by atoms with Crippen LogP contribution in [0.25, 0.3) is 33.2 Å². The molecule has 47 heavy (non-hydrogen) atoms. The highest BCUT2D eigenvalue weighted by molar-refractivity contribution is 6.76. The number of nitrogens with one attached hydrogen (secondary N) is 1. The lowest BCUT2D eigenvalue weighted by molar-refractivity contribution is 0.0492. The van der Waals surface area contributed by atoms with Crippen LogP contribution in [-0.2, 0) is 16.2 Å². The Morgan fingerprint density at radius 2 is 1.83 bits per heavy atom. The Morgan fingerprint density at radius 1 is 1.11 bits per heavy atom. The van der Waals surface area contributed by atoms with Crippen LogP contribution in [0.4, 0.5) is 10.6 Å². The number of rotatable bonds is 9. The Labute approximate surface area is 283 Å². The van der Waals surface area contributed by atoms with E-state index < -0.39 is 13.7 Å². The zero-order chi connectivity index (χ0) is 33.7. The topological polar surface area (TPSA) is 104 Å². The maximum Gasteiger partial charge on any atom is 0.407 e. The van der Waals surface area contributed by atoms with E-state index >= 15 is 0 Å². The first-order chi connectivity index (χ1) is 22.2. The first-order valence-corrected chi connectivity index (χ1v) is 20.6. The molecule has 5 heterocycles. The van der Waals surface area contributed by atoms with Gasteiger partial charge in [0.05, 0.1) is 29.5 Å². The number of halogens is 1. The second kappa shape index (κ2) is 12.9. The predicted molar refractivity (Wildman–Crippen MR) is 190 cm³/mol. The van der Waals surface area contributed by atoms with Crippen molar-refractivity contribution in [1.29, 1.82) is 0 Å². The van der Waals surface area contributed by atoms with Gasteiger partial charge in [0, 0.05) is 55.5 Å². The number of hydrogen-bond acceptors (Lipinski definition) is 8. The minimum atomic E-state index is -1.25. The third-order valence-electron chi connectivity index (χ3n) is 9.09. The number of methoxy groups -OCH3 is 1. The van der Waals surface area contributed by atoms with Crippen molar-refractivity contribution >= 4 is 53.7 Å². The zero-order valence-corrected chi connectivity index (χ0v) is 30.6. The second-order valence-electron chi connectivity index (χ2n) is 15.1. The molecular weight excluding hydrogens is 632 g/mol. The van der Waals surface area contributed by atoms with E-state index in [2.05, 4.69) is 40.6 Å². The van der Waals surface area contributed by atoms with Crippen LogP contribution in [0, 0.1) is 6.92 Å². The normalized spacial score (nSPS) is 19.9. The lowest BCUT2D eigenvalue weighted by Gasteiger charge is -2.39. The van der Waals surface area contributed by atoms with Gasteiger partial charge in [-0.1, -0.05) is 37.3 Å². The molecule has 0 saturated carbocycles. The van der Waals surface area contributed by atoms with E-state index in [1.165, 1.54) is 0 Å². The Morgan fingerprint density at radius 3 is 2.49 bits per heavy atom. The van der Waals surface area contributed by atoms with Crippen LogP contribution in [0.3, 0.4) is 0 Å². The maximum absolute atomic E-state index is 12.5. The minimum Gasteiger partial charge on any atom is -0.495 e. The summed E-state index contributed by atoms with van der Waals surface area (Å²) in [5, 5.41) is 4.52. The molecule has 0 spiro atoms. The van der Waals surface area contributed by atoms with Gasteiger partial charge in [0.15, 0.2) is 5.65 Å². The Balaban J connectivity index is 1.33. The number of benzene rings is 1. The van der Waals surface area contributed by atoms with Gasteiger partial charge in [-0.15, -0.1) is 0 Å². The highest BCUT2D eigenvalue weighted by atomic mass is 35.5.